The summed E-state index contributed by atoms with van der Waals surface area (Å²) in [6.07, 6.45) is 4.62. The number of nitrogens with two attached hydrogens (primary N) is 1. The highest BCUT2D eigenvalue weighted by molar-refractivity contribution is 5.34. The highest BCUT2D eigenvalue weighted by Gasteiger charge is 2.10. The van der Waals surface area contributed by atoms with E-state index in [9.17, 15) is 0 Å². The van der Waals surface area contributed by atoms with Gasteiger partial charge in [0.2, 0.25) is 0 Å². The van der Waals surface area contributed by atoms with Gasteiger partial charge in [-0.3, -0.25) is 0 Å². The molecule has 0 aromatic rings. The highest BCUT2D eigenvalue weighted by atomic mass is 14.6. The van der Waals surface area contributed by atoms with Crippen LogP contribution in [0.5, 0.6) is 0 Å². The summed E-state index contributed by atoms with van der Waals surface area (Å²) >= 11 is 0. The Morgan fingerprint density at radius 2 is 1.85 bits per heavy atom. The Bertz CT molecular complexity index is 211. The molecule has 1 heteroatoms. The Kier molecular flexibility index (Phi) is 5.52. The van der Waals surface area contributed by atoms with Gasteiger partial charge in [-0.25, -0.2) is 0 Å². The second-order valence-electron chi connectivity index (χ2n) is 3.93. The second-order valence-corrected chi connectivity index (χ2v) is 3.93. The molecule has 2 N–H and O–H groups in total. The fourth-order valence-electron chi connectivity index (χ4n) is 1.50. The third-order valence-corrected chi connectivity index (χ3v) is 2.05. The number of allylic oxidation sites excluding steroid dienone is 3. The number of hydrogen-bond donors (Lipinski definition) is 1. The zero-order chi connectivity index (χ0) is 10.4. The zero-order valence-electron chi connectivity index (χ0n) is 9.65. The summed E-state index contributed by atoms with van der Waals surface area (Å²) in [5.74, 6) is 0.673. The van der Waals surface area contributed by atoms with Crippen LogP contribution in [-0.4, -0.2) is 0 Å². The SMILES string of the molecule is CC1=CC(C)CC(C)=C1N.CCC. The van der Waals surface area contributed by atoms with Crippen molar-refractivity contribution in [2.24, 2.45) is 11.7 Å². The van der Waals surface area contributed by atoms with Crippen LogP contribution < -0.4 is 5.73 Å². The lowest BCUT2D eigenvalue weighted by Gasteiger charge is -2.18. The maximum atomic E-state index is 5.80. The molecule has 0 aromatic heterocycles. The van der Waals surface area contributed by atoms with Crippen molar-refractivity contribution in [3.8, 4) is 0 Å². The predicted molar refractivity (Wildman–Crippen MR) is 60.4 cm³/mol. The van der Waals surface area contributed by atoms with Crippen LogP contribution in [0.4, 0.5) is 0 Å². The van der Waals surface area contributed by atoms with E-state index in [1.807, 2.05) is 0 Å². The monoisotopic (exact) mass is 181 g/mol. The molecule has 0 saturated carbocycles. The summed E-state index contributed by atoms with van der Waals surface area (Å²) in [7, 11) is 0. The van der Waals surface area contributed by atoms with E-state index in [-0.39, 0.29) is 0 Å². The standard InChI is InChI=1S/C9H15N.C3H8/c1-6-4-7(2)9(10)8(3)5-6;1-3-2/h4,6H,5,10H2,1-3H3;3H2,1-2H3. The lowest BCUT2D eigenvalue weighted by atomic mass is 9.91. The first-order chi connectivity index (χ1) is 6.02. The van der Waals surface area contributed by atoms with E-state index >= 15 is 0 Å². The molecule has 1 rings (SSSR count). The molecule has 0 aromatic carbocycles. The molecule has 0 spiro atoms. The van der Waals surface area contributed by atoms with Gasteiger partial charge in [0, 0.05) is 5.70 Å². The molecule has 0 aliphatic heterocycles. The van der Waals surface area contributed by atoms with Crippen LogP contribution >= 0.6 is 0 Å². The van der Waals surface area contributed by atoms with Crippen molar-refractivity contribution in [3.05, 3.63) is 22.9 Å². The summed E-state index contributed by atoms with van der Waals surface area (Å²) in [6, 6.07) is 0. The van der Waals surface area contributed by atoms with E-state index in [0.29, 0.717) is 5.92 Å². The third kappa shape index (κ3) is 4.16. The summed E-state index contributed by atoms with van der Waals surface area (Å²) in [6.45, 7) is 10.7. The Morgan fingerprint density at radius 1 is 1.38 bits per heavy atom. The van der Waals surface area contributed by atoms with Crippen molar-refractivity contribution >= 4 is 0 Å². The molecule has 0 saturated heterocycles. The van der Waals surface area contributed by atoms with Crippen molar-refractivity contribution in [1.29, 1.82) is 0 Å². The maximum Gasteiger partial charge on any atom is 0.0329 e. The molecule has 0 radical (unpaired) electrons. The van der Waals surface area contributed by atoms with Crippen LogP contribution in [0.1, 0.15) is 47.5 Å². The van der Waals surface area contributed by atoms with Crippen molar-refractivity contribution in [2.75, 3.05) is 0 Å². The van der Waals surface area contributed by atoms with E-state index in [0.717, 1.165) is 12.1 Å². The van der Waals surface area contributed by atoms with Gasteiger partial charge in [0.1, 0.15) is 0 Å². The largest absolute Gasteiger partial charge is 0.399 e. The zero-order valence-corrected chi connectivity index (χ0v) is 9.65. The first kappa shape index (κ1) is 12.3. The van der Waals surface area contributed by atoms with E-state index in [2.05, 4.69) is 40.7 Å². The van der Waals surface area contributed by atoms with E-state index < -0.39 is 0 Å². The Balaban J connectivity index is 0.000000424. The smallest absolute Gasteiger partial charge is 0.0329 e. The van der Waals surface area contributed by atoms with Crippen LogP contribution in [-0.2, 0) is 0 Å². The summed E-state index contributed by atoms with van der Waals surface area (Å²) in [5.41, 5.74) is 9.38. The maximum absolute atomic E-state index is 5.80. The van der Waals surface area contributed by atoms with Crippen LogP contribution in [0.15, 0.2) is 22.9 Å². The van der Waals surface area contributed by atoms with E-state index in [1.54, 1.807) is 0 Å². The summed E-state index contributed by atoms with van der Waals surface area (Å²) < 4.78 is 0. The third-order valence-electron chi connectivity index (χ3n) is 2.05. The van der Waals surface area contributed by atoms with Gasteiger partial charge in [0.25, 0.3) is 0 Å². The lowest BCUT2D eigenvalue weighted by molar-refractivity contribution is 0.689. The van der Waals surface area contributed by atoms with Gasteiger partial charge in [-0.15, -0.1) is 0 Å². The van der Waals surface area contributed by atoms with Gasteiger partial charge in [0.05, 0.1) is 0 Å². The van der Waals surface area contributed by atoms with Crippen LogP contribution in [0, 0.1) is 5.92 Å². The van der Waals surface area contributed by atoms with E-state index in [1.165, 1.54) is 17.6 Å². The highest BCUT2D eigenvalue weighted by Crippen LogP contribution is 2.24. The van der Waals surface area contributed by atoms with Crippen LogP contribution in [0.2, 0.25) is 0 Å². The van der Waals surface area contributed by atoms with Crippen molar-refractivity contribution < 1.29 is 0 Å². The van der Waals surface area contributed by atoms with Crippen molar-refractivity contribution in [1.82, 2.24) is 0 Å². The molecule has 0 amide bonds. The molecule has 1 aliphatic rings. The van der Waals surface area contributed by atoms with Gasteiger partial charge >= 0.3 is 0 Å². The molecule has 1 aliphatic carbocycles. The quantitative estimate of drug-likeness (QED) is 0.607. The number of hydrogen-bond acceptors (Lipinski definition) is 1. The minimum Gasteiger partial charge on any atom is -0.399 e. The molecular weight excluding hydrogens is 158 g/mol. The van der Waals surface area contributed by atoms with Crippen LogP contribution in [0.25, 0.3) is 0 Å². The van der Waals surface area contributed by atoms with Crippen LogP contribution in [0.3, 0.4) is 0 Å². The fourth-order valence-corrected chi connectivity index (χ4v) is 1.50. The molecular formula is C12H23N. The van der Waals surface area contributed by atoms with Crippen molar-refractivity contribution in [2.45, 2.75) is 47.5 Å². The molecule has 0 heterocycles. The first-order valence-corrected chi connectivity index (χ1v) is 5.16. The Labute approximate surface area is 82.7 Å². The molecule has 1 atom stereocenters. The molecule has 1 unspecified atom stereocenters. The number of rotatable bonds is 0. The molecule has 13 heavy (non-hydrogen) atoms. The average Bonchev–Trinajstić information content (AvgIpc) is 2.01. The normalized spacial score (nSPS) is 21.9. The minimum atomic E-state index is 0.673. The van der Waals surface area contributed by atoms with E-state index in [4.69, 9.17) is 5.73 Å². The average molecular weight is 181 g/mol. The summed E-state index contributed by atoms with van der Waals surface area (Å²) in [4.78, 5) is 0. The van der Waals surface area contributed by atoms with Gasteiger partial charge in [0.15, 0.2) is 0 Å². The first-order valence-electron chi connectivity index (χ1n) is 5.16. The fraction of sp³-hybridized carbons (Fsp3) is 0.667. The summed E-state index contributed by atoms with van der Waals surface area (Å²) in [5, 5.41) is 0. The van der Waals surface area contributed by atoms with Gasteiger partial charge in [-0.2, -0.15) is 0 Å². The van der Waals surface area contributed by atoms with Gasteiger partial charge in [-0.05, 0) is 37.3 Å². The molecule has 1 nitrogen and oxygen atoms in total. The van der Waals surface area contributed by atoms with Gasteiger partial charge in [-0.1, -0.05) is 33.3 Å². The second kappa shape index (κ2) is 5.85. The molecule has 0 fully saturated rings. The predicted octanol–water partition coefficient (Wildman–Crippen LogP) is 3.62. The topological polar surface area (TPSA) is 26.0 Å². The Morgan fingerprint density at radius 3 is 2.23 bits per heavy atom. The lowest BCUT2D eigenvalue weighted by Crippen LogP contribution is -2.10. The molecule has 0 bridgehead atoms. The minimum absolute atomic E-state index is 0.673. The molecule has 76 valence electrons. The Hall–Kier alpha value is -0.720. The van der Waals surface area contributed by atoms with Gasteiger partial charge < -0.3 is 5.73 Å². The van der Waals surface area contributed by atoms with Crippen molar-refractivity contribution in [3.63, 3.8) is 0 Å².